The number of piperidine rings is 1. The van der Waals surface area contributed by atoms with Crippen molar-refractivity contribution in [2.45, 2.75) is 44.7 Å². The summed E-state index contributed by atoms with van der Waals surface area (Å²) in [5, 5.41) is 3.32. The number of likely N-dealkylation sites (N-methyl/N-ethyl adjacent to an activating group) is 1. The number of hydrogen-bond acceptors (Lipinski definition) is 3. The van der Waals surface area contributed by atoms with Gasteiger partial charge in [-0.1, -0.05) is 6.92 Å². The first-order valence-corrected chi connectivity index (χ1v) is 7.09. The Morgan fingerprint density at radius 3 is 3.05 bits per heavy atom. The fraction of sp³-hybridized carbons (Fsp3) is 0.714. The molecule has 1 saturated heterocycles. The molecule has 0 radical (unpaired) electrons. The quantitative estimate of drug-likeness (QED) is 0.889. The highest BCUT2D eigenvalue weighted by Crippen LogP contribution is 2.27. The van der Waals surface area contributed by atoms with Crippen LogP contribution < -0.4 is 5.32 Å². The van der Waals surface area contributed by atoms with E-state index in [1.807, 2.05) is 26.5 Å². The van der Waals surface area contributed by atoms with Gasteiger partial charge in [0.15, 0.2) is 0 Å². The third-order valence-corrected chi connectivity index (χ3v) is 3.72. The lowest BCUT2D eigenvalue weighted by molar-refractivity contribution is -0.131. The van der Waals surface area contributed by atoms with Gasteiger partial charge in [0.05, 0.1) is 6.04 Å². The number of imidazole rings is 1. The molecule has 2 rings (SSSR count). The molecule has 0 bridgehead atoms. The van der Waals surface area contributed by atoms with E-state index in [2.05, 4.69) is 21.8 Å². The average molecular weight is 264 g/mol. The molecule has 5 nitrogen and oxygen atoms in total. The predicted molar refractivity (Wildman–Crippen MR) is 75.0 cm³/mol. The number of aromatic nitrogens is 2. The lowest BCUT2D eigenvalue weighted by atomic mass is 9.91. The van der Waals surface area contributed by atoms with E-state index in [-0.39, 0.29) is 11.9 Å². The largest absolute Gasteiger partial charge is 0.347 e. The summed E-state index contributed by atoms with van der Waals surface area (Å²) in [7, 11) is 3.62. The first-order chi connectivity index (χ1) is 9.13. The molecule has 1 aliphatic rings. The van der Waals surface area contributed by atoms with Gasteiger partial charge in [0.2, 0.25) is 5.91 Å². The third kappa shape index (κ3) is 3.15. The van der Waals surface area contributed by atoms with Gasteiger partial charge in [0, 0.05) is 39.0 Å². The number of carbonyl (C=O) groups excluding carboxylic acids is 1. The predicted octanol–water partition coefficient (Wildman–Crippen LogP) is 1.22. The number of aryl methyl sites for hydroxylation is 1. The van der Waals surface area contributed by atoms with E-state index in [1.165, 1.54) is 0 Å². The van der Waals surface area contributed by atoms with Crippen molar-refractivity contribution in [3.63, 3.8) is 0 Å². The van der Waals surface area contributed by atoms with Gasteiger partial charge in [0.1, 0.15) is 5.82 Å². The Kier molecular flexibility index (Phi) is 4.58. The number of nitrogens with one attached hydrogen (secondary N) is 1. The second kappa shape index (κ2) is 6.19. The van der Waals surface area contributed by atoms with Crippen LogP contribution >= 0.6 is 0 Å². The molecule has 0 spiro atoms. The van der Waals surface area contributed by atoms with E-state index < -0.39 is 0 Å². The molecule has 1 fully saturated rings. The van der Waals surface area contributed by atoms with Crippen LogP contribution in [0.25, 0.3) is 0 Å². The van der Waals surface area contributed by atoms with Crippen molar-refractivity contribution < 1.29 is 4.79 Å². The number of nitrogens with zero attached hydrogens (tertiary/aromatic N) is 3. The molecule has 106 valence electrons. The maximum absolute atomic E-state index is 12.1. The fourth-order valence-corrected chi connectivity index (χ4v) is 2.76. The van der Waals surface area contributed by atoms with Crippen LogP contribution in [0, 0.1) is 0 Å². The topological polar surface area (TPSA) is 50.2 Å². The monoisotopic (exact) mass is 264 g/mol. The van der Waals surface area contributed by atoms with Gasteiger partial charge >= 0.3 is 0 Å². The Balaban J connectivity index is 2.08. The van der Waals surface area contributed by atoms with Crippen molar-refractivity contribution in [1.29, 1.82) is 0 Å². The number of carbonyl (C=O) groups is 1. The summed E-state index contributed by atoms with van der Waals surface area (Å²) in [6.45, 7) is 4.06. The lowest BCUT2D eigenvalue weighted by Crippen LogP contribution is -2.48. The molecule has 19 heavy (non-hydrogen) atoms. The van der Waals surface area contributed by atoms with Crippen LogP contribution in [0.15, 0.2) is 12.4 Å². The molecule has 5 heteroatoms. The summed E-state index contributed by atoms with van der Waals surface area (Å²) < 4.78 is 2.23. The van der Waals surface area contributed by atoms with Crippen LogP contribution in [0.3, 0.4) is 0 Å². The average Bonchev–Trinajstić information content (AvgIpc) is 2.86. The molecule has 1 aromatic rings. The fourth-order valence-electron chi connectivity index (χ4n) is 2.76. The second-order valence-corrected chi connectivity index (χ2v) is 5.44. The first-order valence-electron chi connectivity index (χ1n) is 7.09. The summed E-state index contributed by atoms with van der Waals surface area (Å²) in [4.78, 5) is 18.2. The SMILES string of the molecule is CCCn1ccnc1C1CCNC(C(=O)N(C)C)C1. The van der Waals surface area contributed by atoms with E-state index in [0.717, 1.165) is 38.2 Å². The van der Waals surface area contributed by atoms with Gasteiger partial charge in [-0.25, -0.2) is 4.98 Å². The van der Waals surface area contributed by atoms with Gasteiger partial charge in [-0.2, -0.15) is 0 Å². The summed E-state index contributed by atoms with van der Waals surface area (Å²) >= 11 is 0. The van der Waals surface area contributed by atoms with Gasteiger partial charge in [-0.05, 0) is 25.8 Å². The Morgan fingerprint density at radius 1 is 1.58 bits per heavy atom. The van der Waals surface area contributed by atoms with E-state index in [9.17, 15) is 4.79 Å². The molecule has 2 unspecified atom stereocenters. The van der Waals surface area contributed by atoms with E-state index >= 15 is 0 Å². The molecular weight excluding hydrogens is 240 g/mol. The van der Waals surface area contributed by atoms with Gasteiger partial charge in [0.25, 0.3) is 0 Å². The zero-order chi connectivity index (χ0) is 13.8. The van der Waals surface area contributed by atoms with Gasteiger partial charge in [-0.3, -0.25) is 4.79 Å². The second-order valence-electron chi connectivity index (χ2n) is 5.44. The third-order valence-electron chi connectivity index (χ3n) is 3.72. The Morgan fingerprint density at radius 2 is 2.37 bits per heavy atom. The molecule has 0 saturated carbocycles. The van der Waals surface area contributed by atoms with Crippen molar-refractivity contribution in [3.8, 4) is 0 Å². The molecular formula is C14H24N4O. The summed E-state index contributed by atoms with van der Waals surface area (Å²) in [6.07, 6.45) is 6.92. The minimum Gasteiger partial charge on any atom is -0.347 e. The highest BCUT2D eigenvalue weighted by molar-refractivity contribution is 5.81. The van der Waals surface area contributed by atoms with Gasteiger partial charge in [-0.15, -0.1) is 0 Å². The normalized spacial score (nSPS) is 23.3. The zero-order valence-electron chi connectivity index (χ0n) is 12.1. The van der Waals surface area contributed by atoms with Crippen molar-refractivity contribution in [1.82, 2.24) is 19.8 Å². The summed E-state index contributed by atoms with van der Waals surface area (Å²) in [5.41, 5.74) is 0. The maximum Gasteiger partial charge on any atom is 0.239 e. The Labute approximate surface area is 115 Å². The molecule has 1 aliphatic heterocycles. The molecule has 1 amide bonds. The van der Waals surface area contributed by atoms with Crippen molar-refractivity contribution in [2.75, 3.05) is 20.6 Å². The van der Waals surface area contributed by atoms with Gasteiger partial charge < -0.3 is 14.8 Å². The Bertz CT molecular complexity index is 427. The van der Waals surface area contributed by atoms with Crippen LogP contribution in [0.2, 0.25) is 0 Å². The van der Waals surface area contributed by atoms with Crippen LogP contribution in [-0.4, -0.2) is 47.0 Å². The van der Waals surface area contributed by atoms with Crippen LogP contribution in [0.1, 0.15) is 37.9 Å². The standard InChI is InChI=1S/C14H24N4O/c1-4-8-18-9-7-16-13(18)11-5-6-15-12(10-11)14(19)17(2)3/h7,9,11-12,15H,4-6,8,10H2,1-3H3. The van der Waals surface area contributed by atoms with Crippen LogP contribution in [0.4, 0.5) is 0 Å². The zero-order valence-corrected chi connectivity index (χ0v) is 12.1. The highest BCUT2D eigenvalue weighted by Gasteiger charge is 2.30. The van der Waals surface area contributed by atoms with E-state index in [4.69, 9.17) is 0 Å². The molecule has 1 aromatic heterocycles. The molecule has 2 heterocycles. The smallest absolute Gasteiger partial charge is 0.239 e. The lowest BCUT2D eigenvalue weighted by Gasteiger charge is -2.31. The van der Waals surface area contributed by atoms with Crippen molar-refractivity contribution in [3.05, 3.63) is 18.2 Å². The van der Waals surface area contributed by atoms with Crippen LogP contribution in [0.5, 0.6) is 0 Å². The molecule has 0 aromatic carbocycles. The highest BCUT2D eigenvalue weighted by atomic mass is 16.2. The molecule has 2 atom stereocenters. The van der Waals surface area contributed by atoms with Crippen LogP contribution in [-0.2, 0) is 11.3 Å². The first kappa shape index (κ1) is 14.1. The number of rotatable bonds is 4. The minimum atomic E-state index is -0.0690. The van der Waals surface area contributed by atoms with Crippen molar-refractivity contribution in [2.24, 2.45) is 0 Å². The summed E-state index contributed by atoms with van der Waals surface area (Å²) in [5.74, 6) is 1.69. The number of amides is 1. The van der Waals surface area contributed by atoms with Crippen molar-refractivity contribution >= 4 is 5.91 Å². The number of hydrogen-bond donors (Lipinski definition) is 1. The van der Waals surface area contributed by atoms with E-state index in [1.54, 1.807) is 4.90 Å². The molecule has 1 N–H and O–H groups in total. The Hall–Kier alpha value is -1.36. The summed E-state index contributed by atoms with van der Waals surface area (Å²) in [6, 6.07) is -0.0690. The van der Waals surface area contributed by atoms with E-state index in [0.29, 0.717) is 5.92 Å². The maximum atomic E-state index is 12.1. The molecule has 0 aliphatic carbocycles. The minimum absolute atomic E-state index is 0.0690.